The van der Waals surface area contributed by atoms with E-state index in [0.717, 1.165) is 35.8 Å². The van der Waals surface area contributed by atoms with Crippen molar-refractivity contribution < 1.29 is 4.79 Å². The van der Waals surface area contributed by atoms with Gasteiger partial charge in [0, 0.05) is 39.1 Å². The summed E-state index contributed by atoms with van der Waals surface area (Å²) in [7, 11) is 1.97. The van der Waals surface area contributed by atoms with E-state index in [0.29, 0.717) is 12.3 Å². The molecule has 1 aliphatic heterocycles. The summed E-state index contributed by atoms with van der Waals surface area (Å²) in [5.41, 5.74) is 1.99. The summed E-state index contributed by atoms with van der Waals surface area (Å²) in [5.74, 6) is 2.41. The van der Waals surface area contributed by atoms with Crippen LogP contribution in [0.4, 0.5) is 0 Å². The molecule has 0 bridgehead atoms. The Morgan fingerprint density at radius 1 is 1.41 bits per heavy atom. The number of nitrogens with one attached hydrogen (secondary N) is 2. The largest absolute Gasteiger partial charge is 0.341 e. The number of para-hydroxylation sites is 2. The van der Waals surface area contributed by atoms with Gasteiger partial charge < -0.3 is 19.8 Å². The lowest BCUT2D eigenvalue weighted by molar-refractivity contribution is -0.131. The van der Waals surface area contributed by atoms with Crippen molar-refractivity contribution in [3.8, 4) is 0 Å². The number of aromatic amines is 1. The number of H-pyrrole nitrogens is 1. The first-order valence-corrected chi connectivity index (χ1v) is 10.2. The van der Waals surface area contributed by atoms with Gasteiger partial charge in [0.1, 0.15) is 17.7 Å². The van der Waals surface area contributed by atoms with Gasteiger partial charge in [-0.15, -0.1) is 11.8 Å². The zero-order chi connectivity index (χ0) is 18.8. The Morgan fingerprint density at radius 2 is 2.26 bits per heavy atom. The third kappa shape index (κ3) is 3.72. The molecule has 3 aromatic rings. The van der Waals surface area contributed by atoms with Gasteiger partial charge in [0.15, 0.2) is 0 Å². The number of carbonyl (C=O) groups excluding carboxylic acids is 1. The maximum atomic E-state index is 12.9. The van der Waals surface area contributed by atoms with E-state index < -0.39 is 0 Å². The Hall–Kier alpha value is -2.32. The number of rotatable bonds is 5. The molecule has 1 fully saturated rings. The number of fused-ring (bicyclic) bond motifs is 1. The van der Waals surface area contributed by atoms with Crippen molar-refractivity contribution in [2.45, 2.75) is 18.2 Å². The van der Waals surface area contributed by atoms with Gasteiger partial charge in [0.2, 0.25) is 5.91 Å². The second kappa shape index (κ2) is 7.74. The van der Waals surface area contributed by atoms with Crippen molar-refractivity contribution in [1.29, 1.82) is 0 Å². The van der Waals surface area contributed by atoms with Crippen LogP contribution >= 0.6 is 11.8 Å². The Kier molecular flexibility index (Phi) is 5.18. The van der Waals surface area contributed by atoms with E-state index in [2.05, 4.69) is 27.2 Å². The quantitative estimate of drug-likeness (QED) is 0.705. The topological polar surface area (TPSA) is 78.8 Å². The summed E-state index contributed by atoms with van der Waals surface area (Å²) in [4.78, 5) is 27.3. The summed E-state index contributed by atoms with van der Waals surface area (Å²) >= 11 is 1.62. The molecule has 3 heterocycles. The summed E-state index contributed by atoms with van der Waals surface area (Å²) in [6, 6.07) is 7.97. The van der Waals surface area contributed by atoms with E-state index >= 15 is 0 Å². The zero-order valence-electron chi connectivity index (χ0n) is 15.6. The van der Waals surface area contributed by atoms with Crippen LogP contribution in [-0.4, -0.2) is 55.7 Å². The number of imidazole rings is 2. The van der Waals surface area contributed by atoms with Crippen molar-refractivity contribution in [3.05, 3.63) is 48.3 Å². The number of hydrogen-bond donors (Lipinski definition) is 2. The summed E-state index contributed by atoms with van der Waals surface area (Å²) in [6.45, 7) is 4.34. The van der Waals surface area contributed by atoms with Gasteiger partial charge in [-0.25, -0.2) is 9.97 Å². The monoisotopic (exact) mass is 384 g/mol. The van der Waals surface area contributed by atoms with Gasteiger partial charge in [-0.3, -0.25) is 4.79 Å². The molecular formula is C19H24N6OS. The number of aromatic nitrogens is 4. The minimum Gasteiger partial charge on any atom is -0.341 e. The van der Waals surface area contributed by atoms with Crippen molar-refractivity contribution in [3.63, 3.8) is 0 Å². The highest BCUT2D eigenvalue weighted by atomic mass is 32.2. The van der Waals surface area contributed by atoms with Gasteiger partial charge in [0.25, 0.3) is 0 Å². The van der Waals surface area contributed by atoms with Crippen LogP contribution in [0.15, 0.2) is 36.7 Å². The highest BCUT2D eigenvalue weighted by Gasteiger charge is 2.30. The standard InChI is InChI=1S/C19H24N6OS/c1-13(18-22-14-5-3-4-6-15(14)23-18)27-12-17(26)25-10-7-20-11-16(25)19-21-8-9-24(19)2/h3-6,8-9,13,16,20H,7,10-12H2,1-2H3,(H,22,23). The minimum atomic E-state index is -0.0200. The molecule has 1 aromatic carbocycles. The van der Waals surface area contributed by atoms with Crippen LogP contribution in [0.1, 0.15) is 29.9 Å². The predicted molar refractivity (Wildman–Crippen MR) is 107 cm³/mol. The highest BCUT2D eigenvalue weighted by Crippen LogP contribution is 2.29. The molecule has 7 nitrogen and oxygen atoms in total. The van der Waals surface area contributed by atoms with Crippen LogP contribution in [-0.2, 0) is 11.8 Å². The Morgan fingerprint density at radius 3 is 3.04 bits per heavy atom. The lowest BCUT2D eigenvalue weighted by Gasteiger charge is -2.35. The summed E-state index contributed by atoms with van der Waals surface area (Å²) in [6.07, 6.45) is 3.70. The Labute approximate surface area is 162 Å². The fraction of sp³-hybridized carbons (Fsp3) is 0.421. The first-order valence-electron chi connectivity index (χ1n) is 9.17. The van der Waals surface area contributed by atoms with Gasteiger partial charge in [-0.1, -0.05) is 12.1 Å². The number of nitrogens with zero attached hydrogens (tertiary/aromatic N) is 4. The first kappa shape index (κ1) is 18.1. The lowest BCUT2D eigenvalue weighted by Crippen LogP contribution is -2.50. The fourth-order valence-corrected chi connectivity index (χ4v) is 4.28. The normalized spacial score (nSPS) is 18.7. The van der Waals surface area contributed by atoms with Crippen LogP contribution in [0.2, 0.25) is 0 Å². The minimum absolute atomic E-state index is 0.0200. The summed E-state index contributed by atoms with van der Waals surface area (Å²) in [5, 5.41) is 3.49. The third-order valence-corrected chi connectivity index (χ3v) is 6.11. The van der Waals surface area contributed by atoms with Gasteiger partial charge in [-0.2, -0.15) is 0 Å². The maximum Gasteiger partial charge on any atom is 0.233 e. The maximum absolute atomic E-state index is 12.9. The van der Waals surface area contributed by atoms with Crippen molar-refractivity contribution in [1.82, 2.24) is 29.7 Å². The lowest BCUT2D eigenvalue weighted by atomic mass is 10.1. The highest BCUT2D eigenvalue weighted by molar-refractivity contribution is 8.00. The van der Waals surface area contributed by atoms with E-state index in [9.17, 15) is 4.79 Å². The van der Waals surface area contributed by atoms with Crippen molar-refractivity contribution in [2.75, 3.05) is 25.4 Å². The van der Waals surface area contributed by atoms with Gasteiger partial charge in [0.05, 0.1) is 22.0 Å². The van der Waals surface area contributed by atoms with Crippen LogP contribution in [0.3, 0.4) is 0 Å². The molecule has 27 heavy (non-hydrogen) atoms. The van der Waals surface area contributed by atoms with Crippen molar-refractivity contribution >= 4 is 28.7 Å². The molecule has 142 valence electrons. The molecule has 2 N–H and O–H groups in total. The van der Waals surface area contributed by atoms with E-state index in [1.165, 1.54) is 0 Å². The molecule has 2 unspecified atom stereocenters. The average molecular weight is 385 g/mol. The van der Waals surface area contributed by atoms with E-state index in [-0.39, 0.29) is 17.2 Å². The zero-order valence-corrected chi connectivity index (χ0v) is 16.4. The van der Waals surface area contributed by atoms with Gasteiger partial charge in [-0.05, 0) is 19.1 Å². The third-order valence-electron chi connectivity index (χ3n) is 4.97. The first-order chi connectivity index (χ1) is 13.1. The number of hydrogen-bond acceptors (Lipinski definition) is 5. The second-order valence-corrected chi connectivity index (χ2v) is 8.12. The summed E-state index contributed by atoms with van der Waals surface area (Å²) < 4.78 is 1.99. The smallest absolute Gasteiger partial charge is 0.233 e. The molecule has 4 rings (SSSR count). The molecule has 0 radical (unpaired) electrons. The molecule has 0 spiro atoms. The SMILES string of the molecule is CC(SCC(=O)N1CCNCC1c1nccn1C)c1nc2ccccc2[nH]1. The number of amides is 1. The molecule has 1 amide bonds. The van der Waals surface area contributed by atoms with Gasteiger partial charge >= 0.3 is 0 Å². The molecule has 2 aromatic heterocycles. The van der Waals surface area contributed by atoms with E-state index in [1.54, 1.807) is 18.0 Å². The van der Waals surface area contributed by atoms with E-state index in [1.807, 2.05) is 47.0 Å². The Bertz CT molecular complexity index is 902. The van der Waals surface area contributed by atoms with Crippen LogP contribution < -0.4 is 5.32 Å². The molecule has 1 saturated heterocycles. The molecule has 0 aliphatic carbocycles. The molecule has 0 saturated carbocycles. The number of thioether (sulfide) groups is 1. The molecule has 2 atom stereocenters. The molecular weight excluding hydrogens is 360 g/mol. The number of aryl methyl sites for hydroxylation is 1. The predicted octanol–water partition coefficient (Wildman–Crippen LogP) is 2.26. The molecule has 8 heteroatoms. The van der Waals surface area contributed by atoms with Crippen LogP contribution in [0.5, 0.6) is 0 Å². The van der Waals surface area contributed by atoms with Crippen molar-refractivity contribution in [2.24, 2.45) is 7.05 Å². The Balaban J connectivity index is 1.42. The number of carbonyl (C=O) groups is 1. The second-order valence-electron chi connectivity index (χ2n) is 6.80. The fourth-order valence-electron chi connectivity index (χ4n) is 3.45. The number of piperazine rings is 1. The number of benzene rings is 1. The van der Waals surface area contributed by atoms with Crippen LogP contribution in [0.25, 0.3) is 11.0 Å². The van der Waals surface area contributed by atoms with Crippen LogP contribution in [0, 0.1) is 0 Å². The average Bonchev–Trinajstić information content (AvgIpc) is 3.31. The molecule has 1 aliphatic rings. The van der Waals surface area contributed by atoms with E-state index in [4.69, 9.17) is 0 Å².